The molecule has 2 aliphatic rings. The third kappa shape index (κ3) is 5.95. The fraction of sp³-hybridized carbons (Fsp3) is 0.303. The molecule has 4 atom stereocenters. The zero-order valence-electron chi connectivity index (χ0n) is 25.0. The van der Waals surface area contributed by atoms with Gasteiger partial charge in [-0.3, -0.25) is 9.36 Å². The van der Waals surface area contributed by atoms with Gasteiger partial charge in [-0.1, -0.05) is 6.58 Å². The highest BCUT2D eigenvalue weighted by atomic mass is 32.2. The van der Waals surface area contributed by atoms with E-state index in [0.29, 0.717) is 21.1 Å². The van der Waals surface area contributed by atoms with E-state index in [-0.39, 0.29) is 54.6 Å². The second kappa shape index (κ2) is 12.1. The van der Waals surface area contributed by atoms with Crippen LogP contribution in [0.2, 0.25) is 0 Å². The SMILES string of the molecule is C=CC(=O)N1[C@H](C)CN(c2nc(=O)n3c4c(cc(C(F)(F)F)cc24)[SH](c2ccc(F)cc2)C[C@@H](Oc2ccc(F)cc2)C3)C[C@@H]1C. The Morgan fingerprint density at radius 1 is 0.978 bits per heavy atom. The standard InChI is InChI=1S/C33H31F5N4O3S/c1-4-29(43)42-19(2)15-40(16-20(42)3)31-27-13-21(33(36,37)38)14-28-30(27)41(32(44)39-31)17-25(45-24-9-5-22(34)6-10-24)18-46(28)26-11-7-23(35)8-12-26/h4-14,19-20,25,46H,1,15-18H2,2-3H3/t19-,20+,25-/m0/s1. The molecule has 0 spiro atoms. The zero-order chi connectivity index (χ0) is 32.9. The molecule has 0 saturated carbocycles. The molecular weight excluding hydrogens is 627 g/mol. The number of nitrogens with zero attached hydrogens (tertiary/aromatic N) is 4. The number of ether oxygens (including phenoxy) is 1. The maximum absolute atomic E-state index is 14.5. The summed E-state index contributed by atoms with van der Waals surface area (Å²) in [5.74, 6) is -0.613. The lowest BCUT2D eigenvalue weighted by Crippen LogP contribution is -2.58. The van der Waals surface area contributed by atoms with Crippen LogP contribution in [0, 0.1) is 11.6 Å². The molecule has 13 heteroatoms. The smallest absolute Gasteiger partial charge is 0.416 e. The van der Waals surface area contributed by atoms with Crippen molar-refractivity contribution in [2.45, 2.75) is 54.5 Å². The van der Waals surface area contributed by atoms with E-state index in [1.165, 1.54) is 59.2 Å². The second-order valence-electron chi connectivity index (χ2n) is 11.6. The first-order valence-corrected chi connectivity index (χ1v) is 16.2. The molecule has 6 rings (SSSR count). The van der Waals surface area contributed by atoms with Gasteiger partial charge in [0.15, 0.2) is 0 Å². The third-order valence-corrected chi connectivity index (χ3v) is 10.9. The van der Waals surface area contributed by atoms with Crippen molar-refractivity contribution in [3.05, 3.63) is 101 Å². The first-order chi connectivity index (χ1) is 21.8. The molecule has 1 amide bonds. The summed E-state index contributed by atoms with van der Waals surface area (Å²) in [6.45, 7) is 7.63. The highest BCUT2D eigenvalue weighted by Gasteiger charge is 2.38. The number of piperazine rings is 1. The average molecular weight is 659 g/mol. The van der Waals surface area contributed by atoms with Crippen molar-refractivity contribution in [2.75, 3.05) is 23.7 Å². The number of aromatic nitrogens is 2. The van der Waals surface area contributed by atoms with E-state index in [9.17, 15) is 31.5 Å². The molecule has 3 heterocycles. The Kier molecular flexibility index (Phi) is 8.30. The fourth-order valence-corrected chi connectivity index (χ4v) is 8.99. The predicted octanol–water partition coefficient (Wildman–Crippen LogP) is 6.19. The van der Waals surface area contributed by atoms with Crippen LogP contribution in [0.4, 0.5) is 27.8 Å². The Morgan fingerprint density at radius 2 is 1.59 bits per heavy atom. The van der Waals surface area contributed by atoms with Gasteiger partial charge in [0.05, 0.1) is 17.6 Å². The number of hydrogen-bond donors (Lipinski definition) is 1. The van der Waals surface area contributed by atoms with Crippen LogP contribution in [0.5, 0.6) is 5.75 Å². The van der Waals surface area contributed by atoms with E-state index >= 15 is 0 Å². The van der Waals surface area contributed by atoms with Crippen LogP contribution in [0.15, 0.2) is 87.9 Å². The number of halogens is 5. The summed E-state index contributed by atoms with van der Waals surface area (Å²) in [5, 5.41) is 0.143. The fourth-order valence-electron chi connectivity index (χ4n) is 6.40. The Hall–Kier alpha value is -4.39. The van der Waals surface area contributed by atoms with Gasteiger partial charge in [0.1, 0.15) is 29.3 Å². The maximum Gasteiger partial charge on any atom is 0.416 e. The highest BCUT2D eigenvalue weighted by Crippen LogP contribution is 2.52. The van der Waals surface area contributed by atoms with Gasteiger partial charge in [0, 0.05) is 41.2 Å². The normalized spacial score (nSPS) is 22.4. The Bertz CT molecular complexity index is 1850. The van der Waals surface area contributed by atoms with E-state index in [1.54, 1.807) is 9.80 Å². The first-order valence-electron chi connectivity index (χ1n) is 14.6. The Balaban J connectivity index is 1.57. The van der Waals surface area contributed by atoms with Gasteiger partial charge in [-0.25, -0.2) is 13.6 Å². The molecule has 1 aromatic heterocycles. The van der Waals surface area contributed by atoms with Crippen LogP contribution in [0.1, 0.15) is 19.4 Å². The predicted molar refractivity (Wildman–Crippen MR) is 167 cm³/mol. The summed E-state index contributed by atoms with van der Waals surface area (Å²) in [4.78, 5) is 35.0. The molecule has 242 valence electrons. The van der Waals surface area contributed by atoms with Crippen LogP contribution < -0.4 is 15.3 Å². The topological polar surface area (TPSA) is 67.7 Å². The molecule has 0 radical (unpaired) electrons. The number of amides is 1. The number of benzene rings is 3. The number of carbonyl (C=O) groups excluding carboxylic acids is 1. The van der Waals surface area contributed by atoms with E-state index in [1.807, 2.05) is 13.8 Å². The lowest BCUT2D eigenvalue weighted by atomic mass is 10.1. The van der Waals surface area contributed by atoms with Gasteiger partial charge >= 0.3 is 11.9 Å². The minimum Gasteiger partial charge on any atom is -0.488 e. The molecule has 1 unspecified atom stereocenters. The van der Waals surface area contributed by atoms with Crippen molar-refractivity contribution in [3.63, 3.8) is 0 Å². The number of hydrogen-bond acceptors (Lipinski definition) is 5. The number of rotatable bonds is 5. The Labute approximate surface area is 264 Å². The molecule has 0 aliphatic carbocycles. The third-order valence-electron chi connectivity index (χ3n) is 8.33. The second-order valence-corrected chi connectivity index (χ2v) is 13.8. The quantitative estimate of drug-likeness (QED) is 0.158. The first kappa shape index (κ1) is 31.6. The van der Waals surface area contributed by atoms with E-state index in [4.69, 9.17) is 4.74 Å². The minimum atomic E-state index is -4.72. The lowest BCUT2D eigenvalue weighted by molar-refractivity contribution is -0.137. The number of carbonyl (C=O) groups is 1. The van der Waals surface area contributed by atoms with Gasteiger partial charge in [0.25, 0.3) is 0 Å². The molecule has 1 fully saturated rings. The summed E-state index contributed by atoms with van der Waals surface area (Å²) < 4.78 is 78.8. The monoisotopic (exact) mass is 658 g/mol. The minimum absolute atomic E-state index is 0.0349. The van der Waals surface area contributed by atoms with E-state index in [0.717, 1.165) is 12.1 Å². The van der Waals surface area contributed by atoms with Crippen LogP contribution in [0.3, 0.4) is 0 Å². The van der Waals surface area contributed by atoms with Crippen molar-refractivity contribution < 1.29 is 31.5 Å². The van der Waals surface area contributed by atoms with E-state index < -0.39 is 46.1 Å². The molecule has 1 saturated heterocycles. The van der Waals surface area contributed by atoms with Gasteiger partial charge in [0.2, 0.25) is 5.91 Å². The van der Waals surface area contributed by atoms with Crippen molar-refractivity contribution in [3.8, 4) is 5.75 Å². The molecular formula is C33H31F5N4O3S. The highest BCUT2D eigenvalue weighted by molar-refractivity contribution is 8.17. The lowest BCUT2D eigenvalue weighted by Gasteiger charge is -2.44. The van der Waals surface area contributed by atoms with Crippen LogP contribution >= 0.6 is 10.9 Å². The van der Waals surface area contributed by atoms with Gasteiger partial charge in [-0.15, -0.1) is 0 Å². The van der Waals surface area contributed by atoms with Gasteiger partial charge in [-0.2, -0.15) is 29.1 Å². The van der Waals surface area contributed by atoms with Crippen LogP contribution in [0.25, 0.3) is 10.9 Å². The summed E-state index contributed by atoms with van der Waals surface area (Å²) in [6, 6.07) is 12.3. The van der Waals surface area contributed by atoms with E-state index in [2.05, 4.69) is 11.6 Å². The molecule has 0 bridgehead atoms. The molecule has 7 nitrogen and oxygen atoms in total. The Morgan fingerprint density at radius 3 is 2.17 bits per heavy atom. The number of thiol groups is 1. The molecule has 0 N–H and O–H groups in total. The van der Waals surface area contributed by atoms with Crippen LogP contribution in [-0.4, -0.2) is 57.4 Å². The number of alkyl halides is 3. The van der Waals surface area contributed by atoms with Crippen molar-refractivity contribution in [1.29, 1.82) is 0 Å². The average Bonchev–Trinajstić information content (AvgIpc) is 3.17. The maximum atomic E-state index is 14.5. The summed E-state index contributed by atoms with van der Waals surface area (Å²) in [5.41, 5.74) is -1.28. The van der Waals surface area contributed by atoms with Gasteiger partial charge in [-0.05, 0) is 85.5 Å². The summed E-state index contributed by atoms with van der Waals surface area (Å²) >= 11 is 0. The van der Waals surface area contributed by atoms with Crippen LogP contribution in [-0.2, 0) is 17.5 Å². The molecule has 3 aromatic carbocycles. The summed E-state index contributed by atoms with van der Waals surface area (Å²) in [6.07, 6.45) is -4.22. The molecule has 2 aliphatic heterocycles. The van der Waals surface area contributed by atoms with Crippen molar-refractivity contribution in [2.24, 2.45) is 0 Å². The largest absolute Gasteiger partial charge is 0.488 e. The van der Waals surface area contributed by atoms with Crippen molar-refractivity contribution >= 4 is 33.5 Å². The number of anilines is 1. The zero-order valence-corrected chi connectivity index (χ0v) is 25.9. The summed E-state index contributed by atoms with van der Waals surface area (Å²) in [7, 11) is -1.63. The molecule has 4 aromatic rings. The van der Waals surface area contributed by atoms with Gasteiger partial charge < -0.3 is 14.5 Å². The van der Waals surface area contributed by atoms with Crippen molar-refractivity contribution in [1.82, 2.24) is 14.5 Å². The molecule has 46 heavy (non-hydrogen) atoms.